The van der Waals surface area contributed by atoms with Gasteiger partial charge in [-0.05, 0) is 36.3 Å². The quantitative estimate of drug-likeness (QED) is 0.702. The molecule has 1 aliphatic carbocycles. The van der Waals surface area contributed by atoms with Gasteiger partial charge in [-0.3, -0.25) is 0 Å². The molecule has 1 aliphatic rings. The Hall–Kier alpha value is -0.820. The van der Waals surface area contributed by atoms with E-state index in [0.717, 1.165) is 19.3 Å². The predicted octanol–water partition coefficient (Wildman–Crippen LogP) is 1.78. The molecule has 0 unspecified atom stereocenters. The number of aliphatic hydroxyl groups is 1. The molecule has 1 N–H and O–H groups in total. The van der Waals surface area contributed by atoms with Crippen LogP contribution in [0.2, 0.25) is 0 Å². The third-order valence-electron chi connectivity index (χ3n) is 2.67. The van der Waals surface area contributed by atoms with E-state index < -0.39 is 0 Å². The second kappa shape index (κ2) is 3.28. The van der Waals surface area contributed by atoms with Crippen LogP contribution in [0, 0.1) is 5.92 Å². The van der Waals surface area contributed by atoms with Gasteiger partial charge in [0.15, 0.2) is 0 Å². The maximum atomic E-state index is 8.81. The van der Waals surface area contributed by atoms with Crippen molar-refractivity contribution in [2.45, 2.75) is 19.3 Å². The molecule has 0 heterocycles. The molecule has 0 saturated carbocycles. The van der Waals surface area contributed by atoms with Crippen LogP contribution in [0.1, 0.15) is 17.5 Å². The minimum atomic E-state index is 0.332. The Morgan fingerprint density at radius 2 is 1.75 bits per heavy atom. The van der Waals surface area contributed by atoms with Crippen molar-refractivity contribution in [3.63, 3.8) is 0 Å². The summed E-state index contributed by atoms with van der Waals surface area (Å²) in [5, 5.41) is 8.81. The molecule has 12 heavy (non-hydrogen) atoms. The zero-order valence-electron chi connectivity index (χ0n) is 7.16. The van der Waals surface area contributed by atoms with Gasteiger partial charge in [0.2, 0.25) is 0 Å². The number of benzene rings is 1. The number of aliphatic hydroxyl groups excluding tert-OH is 1. The molecule has 1 aromatic rings. The lowest BCUT2D eigenvalue weighted by Gasteiger charge is -2.03. The Bertz CT molecular complexity index is 242. The van der Waals surface area contributed by atoms with E-state index in [1.54, 1.807) is 0 Å². The predicted molar refractivity (Wildman–Crippen MR) is 49.0 cm³/mol. The van der Waals surface area contributed by atoms with Crippen molar-refractivity contribution in [3.8, 4) is 0 Å². The minimum Gasteiger partial charge on any atom is -0.396 e. The molecule has 0 fully saturated rings. The molecule has 0 spiro atoms. The Labute approximate surface area is 73.0 Å². The summed E-state index contributed by atoms with van der Waals surface area (Å²) in [5.41, 5.74) is 2.96. The minimum absolute atomic E-state index is 0.332. The molecule has 0 aliphatic heterocycles. The van der Waals surface area contributed by atoms with Gasteiger partial charge >= 0.3 is 0 Å². The maximum absolute atomic E-state index is 8.81. The van der Waals surface area contributed by atoms with E-state index in [1.165, 1.54) is 11.1 Å². The Morgan fingerprint density at radius 3 is 2.25 bits per heavy atom. The van der Waals surface area contributed by atoms with Gasteiger partial charge in [-0.2, -0.15) is 0 Å². The van der Waals surface area contributed by atoms with Crippen LogP contribution in [0.4, 0.5) is 0 Å². The van der Waals surface area contributed by atoms with Crippen molar-refractivity contribution in [3.05, 3.63) is 35.4 Å². The van der Waals surface area contributed by atoms with E-state index >= 15 is 0 Å². The summed E-state index contributed by atoms with van der Waals surface area (Å²) in [6.07, 6.45) is 3.28. The molecule has 0 aromatic heterocycles. The molecule has 0 atom stereocenters. The van der Waals surface area contributed by atoms with Crippen molar-refractivity contribution in [2.75, 3.05) is 6.61 Å². The molecular formula is C11H14O. The first-order valence-electron chi connectivity index (χ1n) is 4.58. The smallest absolute Gasteiger partial charge is 0.0433 e. The Morgan fingerprint density at radius 1 is 1.17 bits per heavy atom. The van der Waals surface area contributed by atoms with Crippen molar-refractivity contribution in [2.24, 2.45) is 5.92 Å². The molecular weight excluding hydrogens is 148 g/mol. The second-order valence-electron chi connectivity index (χ2n) is 3.56. The first-order valence-corrected chi connectivity index (χ1v) is 4.58. The van der Waals surface area contributed by atoms with Gasteiger partial charge in [0.25, 0.3) is 0 Å². The van der Waals surface area contributed by atoms with Gasteiger partial charge < -0.3 is 5.11 Å². The molecule has 2 rings (SSSR count). The van der Waals surface area contributed by atoms with Crippen LogP contribution in [-0.2, 0) is 12.8 Å². The SMILES string of the molecule is OCCC1Cc2ccccc2C1. The van der Waals surface area contributed by atoms with Crippen molar-refractivity contribution >= 4 is 0 Å². The summed E-state index contributed by atoms with van der Waals surface area (Å²) in [6.45, 7) is 0.332. The summed E-state index contributed by atoms with van der Waals surface area (Å²) in [6, 6.07) is 8.60. The van der Waals surface area contributed by atoms with Gasteiger partial charge in [0.05, 0.1) is 0 Å². The van der Waals surface area contributed by atoms with Crippen LogP contribution >= 0.6 is 0 Å². The largest absolute Gasteiger partial charge is 0.396 e. The summed E-state index contributed by atoms with van der Waals surface area (Å²) < 4.78 is 0. The van der Waals surface area contributed by atoms with Gasteiger partial charge in [-0.25, -0.2) is 0 Å². The summed E-state index contributed by atoms with van der Waals surface area (Å²) in [5.74, 6) is 0.687. The van der Waals surface area contributed by atoms with Crippen LogP contribution in [0.15, 0.2) is 24.3 Å². The van der Waals surface area contributed by atoms with E-state index in [2.05, 4.69) is 24.3 Å². The summed E-state index contributed by atoms with van der Waals surface area (Å²) in [7, 11) is 0. The highest BCUT2D eigenvalue weighted by Gasteiger charge is 2.19. The molecule has 0 radical (unpaired) electrons. The van der Waals surface area contributed by atoms with Crippen molar-refractivity contribution in [1.82, 2.24) is 0 Å². The van der Waals surface area contributed by atoms with Crippen LogP contribution in [0.3, 0.4) is 0 Å². The molecule has 0 amide bonds. The number of fused-ring (bicyclic) bond motifs is 1. The molecule has 1 heteroatoms. The number of hydrogen-bond donors (Lipinski definition) is 1. The lowest BCUT2D eigenvalue weighted by Crippen LogP contribution is -2.01. The average Bonchev–Trinajstić information content (AvgIpc) is 2.47. The maximum Gasteiger partial charge on any atom is 0.0433 e. The van der Waals surface area contributed by atoms with Gasteiger partial charge in [-0.1, -0.05) is 24.3 Å². The zero-order chi connectivity index (χ0) is 8.39. The highest BCUT2D eigenvalue weighted by Crippen LogP contribution is 2.27. The summed E-state index contributed by atoms with van der Waals surface area (Å²) in [4.78, 5) is 0. The first kappa shape index (κ1) is 7.81. The Balaban J connectivity index is 2.11. The Kier molecular flexibility index (Phi) is 2.13. The van der Waals surface area contributed by atoms with Crippen LogP contribution in [0.25, 0.3) is 0 Å². The third kappa shape index (κ3) is 1.37. The number of rotatable bonds is 2. The topological polar surface area (TPSA) is 20.2 Å². The van der Waals surface area contributed by atoms with Crippen molar-refractivity contribution in [1.29, 1.82) is 0 Å². The lowest BCUT2D eigenvalue weighted by atomic mass is 10.0. The monoisotopic (exact) mass is 162 g/mol. The molecule has 1 aromatic carbocycles. The standard InChI is InChI=1S/C11H14O/c12-6-5-9-7-10-3-1-2-4-11(10)8-9/h1-4,9,12H,5-8H2. The van der Waals surface area contributed by atoms with Gasteiger partial charge in [0, 0.05) is 6.61 Å². The fourth-order valence-electron chi connectivity index (χ4n) is 2.04. The average molecular weight is 162 g/mol. The van der Waals surface area contributed by atoms with E-state index in [0.29, 0.717) is 12.5 Å². The molecule has 0 bridgehead atoms. The number of hydrogen-bond acceptors (Lipinski definition) is 1. The fraction of sp³-hybridized carbons (Fsp3) is 0.455. The van der Waals surface area contributed by atoms with E-state index in [9.17, 15) is 0 Å². The highest BCUT2D eigenvalue weighted by atomic mass is 16.3. The lowest BCUT2D eigenvalue weighted by molar-refractivity contribution is 0.259. The molecule has 1 nitrogen and oxygen atoms in total. The van der Waals surface area contributed by atoms with E-state index in [-0.39, 0.29) is 0 Å². The summed E-state index contributed by atoms with van der Waals surface area (Å²) >= 11 is 0. The normalized spacial score (nSPS) is 16.4. The zero-order valence-corrected chi connectivity index (χ0v) is 7.16. The molecule has 64 valence electrons. The van der Waals surface area contributed by atoms with Crippen LogP contribution in [-0.4, -0.2) is 11.7 Å². The van der Waals surface area contributed by atoms with Crippen molar-refractivity contribution < 1.29 is 5.11 Å². The van der Waals surface area contributed by atoms with Crippen LogP contribution in [0.5, 0.6) is 0 Å². The van der Waals surface area contributed by atoms with E-state index in [4.69, 9.17) is 5.11 Å². The fourth-order valence-corrected chi connectivity index (χ4v) is 2.04. The molecule has 0 saturated heterocycles. The van der Waals surface area contributed by atoms with E-state index in [1.807, 2.05) is 0 Å². The van der Waals surface area contributed by atoms with Gasteiger partial charge in [-0.15, -0.1) is 0 Å². The van der Waals surface area contributed by atoms with Crippen LogP contribution < -0.4 is 0 Å². The highest BCUT2D eigenvalue weighted by molar-refractivity contribution is 5.31. The first-order chi connectivity index (χ1) is 5.90. The third-order valence-corrected chi connectivity index (χ3v) is 2.67. The second-order valence-corrected chi connectivity index (χ2v) is 3.56. The van der Waals surface area contributed by atoms with Gasteiger partial charge in [0.1, 0.15) is 0 Å².